The van der Waals surface area contributed by atoms with E-state index in [-0.39, 0.29) is 11.8 Å². The Hall–Kier alpha value is -3.15. The van der Waals surface area contributed by atoms with Gasteiger partial charge in [0.1, 0.15) is 0 Å². The molecule has 132 valence electrons. The van der Waals surface area contributed by atoms with E-state index in [1.165, 1.54) is 0 Å². The van der Waals surface area contributed by atoms with Gasteiger partial charge >= 0.3 is 0 Å². The van der Waals surface area contributed by atoms with Crippen molar-refractivity contribution in [1.29, 1.82) is 0 Å². The molecule has 1 aliphatic rings. The SMILES string of the molecule is O=C(Cc1ccccc1)N1CCN(C(=O)c2cnn3ccccc23)CC1. The average molecular weight is 348 g/mol. The lowest BCUT2D eigenvalue weighted by atomic mass is 10.1. The Morgan fingerprint density at radius 1 is 0.885 bits per heavy atom. The maximum atomic E-state index is 12.8. The van der Waals surface area contributed by atoms with Gasteiger partial charge < -0.3 is 9.80 Å². The third-order valence-corrected chi connectivity index (χ3v) is 4.77. The Morgan fingerprint density at radius 3 is 2.35 bits per heavy atom. The molecule has 0 bridgehead atoms. The number of aromatic nitrogens is 2. The molecule has 1 aliphatic heterocycles. The molecular formula is C20H20N4O2. The first-order valence-corrected chi connectivity index (χ1v) is 8.76. The minimum atomic E-state index is -0.0265. The number of carbonyl (C=O) groups excluding carboxylic acids is 2. The topological polar surface area (TPSA) is 57.9 Å². The zero-order valence-electron chi connectivity index (χ0n) is 14.4. The second kappa shape index (κ2) is 7.00. The van der Waals surface area contributed by atoms with Crippen molar-refractivity contribution in [3.8, 4) is 0 Å². The number of hydrogen-bond donors (Lipinski definition) is 0. The van der Waals surface area contributed by atoms with Crippen LogP contribution in [0.25, 0.3) is 5.52 Å². The fourth-order valence-electron chi connectivity index (χ4n) is 3.31. The monoisotopic (exact) mass is 348 g/mol. The Balaban J connectivity index is 1.39. The van der Waals surface area contributed by atoms with E-state index in [1.807, 2.05) is 59.6 Å². The van der Waals surface area contributed by atoms with Crippen LogP contribution < -0.4 is 0 Å². The highest BCUT2D eigenvalue weighted by molar-refractivity contribution is 6.00. The molecule has 0 unspecified atom stereocenters. The maximum Gasteiger partial charge on any atom is 0.257 e. The van der Waals surface area contributed by atoms with Crippen molar-refractivity contribution < 1.29 is 9.59 Å². The second-order valence-corrected chi connectivity index (χ2v) is 6.42. The summed E-state index contributed by atoms with van der Waals surface area (Å²) in [4.78, 5) is 28.9. The lowest BCUT2D eigenvalue weighted by Crippen LogP contribution is -2.51. The van der Waals surface area contributed by atoms with Crippen molar-refractivity contribution in [3.63, 3.8) is 0 Å². The Morgan fingerprint density at radius 2 is 1.58 bits per heavy atom. The van der Waals surface area contributed by atoms with Crippen LogP contribution >= 0.6 is 0 Å². The van der Waals surface area contributed by atoms with E-state index in [0.717, 1.165) is 11.1 Å². The number of fused-ring (bicyclic) bond motifs is 1. The summed E-state index contributed by atoms with van der Waals surface area (Å²) in [5, 5.41) is 4.23. The molecule has 6 heteroatoms. The standard InChI is InChI=1S/C20H20N4O2/c25-19(14-16-6-2-1-3-7-16)22-10-12-23(13-11-22)20(26)17-15-21-24-9-5-4-8-18(17)24/h1-9,15H,10-14H2. The van der Waals surface area contributed by atoms with E-state index in [0.29, 0.717) is 38.2 Å². The fraction of sp³-hybridized carbons (Fsp3) is 0.250. The number of pyridine rings is 1. The Labute approximate surface area is 151 Å². The largest absolute Gasteiger partial charge is 0.339 e. The third kappa shape index (κ3) is 3.18. The van der Waals surface area contributed by atoms with Gasteiger partial charge in [-0.1, -0.05) is 36.4 Å². The summed E-state index contributed by atoms with van der Waals surface area (Å²) < 4.78 is 1.70. The van der Waals surface area contributed by atoms with Gasteiger partial charge in [-0.2, -0.15) is 5.10 Å². The molecule has 3 heterocycles. The van der Waals surface area contributed by atoms with Crippen molar-refractivity contribution in [2.45, 2.75) is 6.42 Å². The van der Waals surface area contributed by atoms with Crippen LogP contribution in [0.5, 0.6) is 0 Å². The minimum Gasteiger partial charge on any atom is -0.339 e. The predicted molar refractivity (Wildman–Crippen MR) is 97.8 cm³/mol. The molecular weight excluding hydrogens is 328 g/mol. The van der Waals surface area contributed by atoms with Gasteiger partial charge in [0.05, 0.1) is 23.7 Å². The van der Waals surface area contributed by atoms with Crippen LogP contribution in [-0.4, -0.2) is 57.4 Å². The summed E-state index contributed by atoms with van der Waals surface area (Å²) in [5.74, 6) is 0.0839. The lowest BCUT2D eigenvalue weighted by molar-refractivity contribution is -0.131. The molecule has 0 atom stereocenters. The van der Waals surface area contributed by atoms with Crippen molar-refractivity contribution in [2.75, 3.05) is 26.2 Å². The number of hydrogen-bond acceptors (Lipinski definition) is 3. The lowest BCUT2D eigenvalue weighted by Gasteiger charge is -2.34. The number of carbonyl (C=O) groups is 2. The van der Waals surface area contributed by atoms with Crippen LogP contribution in [0.1, 0.15) is 15.9 Å². The highest BCUT2D eigenvalue weighted by atomic mass is 16.2. The summed E-state index contributed by atoms with van der Waals surface area (Å²) in [6.07, 6.45) is 3.85. The van der Waals surface area contributed by atoms with Crippen molar-refractivity contribution >= 4 is 17.3 Å². The molecule has 2 aromatic heterocycles. The molecule has 3 aromatic rings. The zero-order chi connectivity index (χ0) is 17.9. The average Bonchev–Trinajstić information content (AvgIpc) is 3.12. The van der Waals surface area contributed by atoms with E-state index in [1.54, 1.807) is 15.6 Å². The summed E-state index contributed by atoms with van der Waals surface area (Å²) in [6.45, 7) is 2.22. The van der Waals surface area contributed by atoms with Gasteiger partial charge in [-0.3, -0.25) is 9.59 Å². The van der Waals surface area contributed by atoms with Crippen LogP contribution in [0.3, 0.4) is 0 Å². The first-order valence-electron chi connectivity index (χ1n) is 8.76. The highest BCUT2D eigenvalue weighted by Gasteiger charge is 2.26. The fourth-order valence-corrected chi connectivity index (χ4v) is 3.31. The molecule has 26 heavy (non-hydrogen) atoms. The van der Waals surface area contributed by atoms with Crippen molar-refractivity contribution in [1.82, 2.24) is 19.4 Å². The molecule has 2 amide bonds. The van der Waals surface area contributed by atoms with Gasteiger partial charge in [0.15, 0.2) is 0 Å². The number of piperazine rings is 1. The van der Waals surface area contributed by atoms with E-state index in [9.17, 15) is 9.59 Å². The Bertz CT molecular complexity index is 927. The Kier molecular flexibility index (Phi) is 4.39. The van der Waals surface area contributed by atoms with Crippen LogP contribution in [-0.2, 0) is 11.2 Å². The normalized spacial score (nSPS) is 14.6. The molecule has 0 aliphatic carbocycles. The molecule has 1 saturated heterocycles. The minimum absolute atomic E-state index is 0.0265. The van der Waals surface area contributed by atoms with E-state index in [2.05, 4.69) is 5.10 Å². The molecule has 0 radical (unpaired) electrons. The van der Waals surface area contributed by atoms with Crippen molar-refractivity contribution in [2.24, 2.45) is 0 Å². The van der Waals surface area contributed by atoms with Crippen LogP contribution in [0.4, 0.5) is 0 Å². The number of nitrogens with zero attached hydrogens (tertiary/aromatic N) is 4. The summed E-state index contributed by atoms with van der Waals surface area (Å²) in [6, 6.07) is 15.4. The molecule has 6 nitrogen and oxygen atoms in total. The smallest absolute Gasteiger partial charge is 0.257 e. The van der Waals surface area contributed by atoms with Crippen LogP contribution in [0.2, 0.25) is 0 Å². The summed E-state index contributed by atoms with van der Waals surface area (Å²) in [7, 11) is 0. The number of amides is 2. The molecule has 0 saturated carbocycles. The first-order chi connectivity index (χ1) is 12.7. The molecule has 1 aromatic carbocycles. The van der Waals surface area contributed by atoms with E-state index in [4.69, 9.17) is 0 Å². The predicted octanol–water partition coefficient (Wildman–Crippen LogP) is 1.86. The molecule has 1 fully saturated rings. The maximum absolute atomic E-state index is 12.8. The molecule has 4 rings (SSSR count). The van der Waals surface area contributed by atoms with Crippen LogP contribution in [0, 0.1) is 0 Å². The second-order valence-electron chi connectivity index (χ2n) is 6.42. The highest BCUT2D eigenvalue weighted by Crippen LogP contribution is 2.15. The van der Waals surface area contributed by atoms with Gasteiger partial charge in [-0.05, 0) is 17.7 Å². The zero-order valence-corrected chi connectivity index (χ0v) is 14.4. The van der Waals surface area contributed by atoms with Gasteiger partial charge in [0.25, 0.3) is 5.91 Å². The van der Waals surface area contributed by atoms with Crippen molar-refractivity contribution in [3.05, 3.63) is 72.1 Å². The van der Waals surface area contributed by atoms with Gasteiger partial charge in [0, 0.05) is 32.4 Å². The summed E-state index contributed by atoms with van der Waals surface area (Å²) >= 11 is 0. The van der Waals surface area contributed by atoms with E-state index >= 15 is 0 Å². The first kappa shape index (κ1) is 16.3. The third-order valence-electron chi connectivity index (χ3n) is 4.77. The van der Waals surface area contributed by atoms with Gasteiger partial charge in [0.2, 0.25) is 5.91 Å². The number of benzene rings is 1. The van der Waals surface area contributed by atoms with E-state index < -0.39 is 0 Å². The van der Waals surface area contributed by atoms with Crippen LogP contribution in [0.15, 0.2) is 60.9 Å². The molecule has 0 spiro atoms. The quantitative estimate of drug-likeness (QED) is 0.726. The van der Waals surface area contributed by atoms with Gasteiger partial charge in [-0.15, -0.1) is 0 Å². The van der Waals surface area contributed by atoms with Gasteiger partial charge in [-0.25, -0.2) is 4.52 Å². The summed E-state index contributed by atoms with van der Waals surface area (Å²) in [5.41, 5.74) is 2.43. The molecule has 0 N–H and O–H groups in total. The number of rotatable bonds is 3.